The first-order chi connectivity index (χ1) is 5.79. The molecule has 12 heavy (non-hydrogen) atoms. The summed E-state index contributed by atoms with van der Waals surface area (Å²) in [5, 5.41) is 2.75. The molecule has 2 rings (SSSR count). The Bertz CT molecular complexity index is 438. The highest BCUT2D eigenvalue weighted by molar-refractivity contribution is 7.17. The average Bonchev–Trinajstić information content (AvgIpc) is 2.47. The van der Waals surface area contributed by atoms with E-state index < -0.39 is 0 Å². The van der Waals surface area contributed by atoms with Crippen LogP contribution in [0.25, 0.3) is 10.1 Å². The van der Waals surface area contributed by atoms with Crippen LogP contribution in [0, 0.1) is 0 Å². The van der Waals surface area contributed by atoms with Gasteiger partial charge in [-0.1, -0.05) is 18.2 Å². The van der Waals surface area contributed by atoms with Gasteiger partial charge in [-0.25, -0.2) is 0 Å². The number of carbonyl (C=O) groups is 1. The highest BCUT2D eigenvalue weighted by atomic mass is 32.1. The molecule has 0 saturated carbocycles. The van der Waals surface area contributed by atoms with Crippen molar-refractivity contribution in [3.63, 3.8) is 0 Å². The van der Waals surface area contributed by atoms with E-state index in [1.165, 1.54) is 0 Å². The van der Waals surface area contributed by atoms with Crippen LogP contribution in [0.1, 0.15) is 11.8 Å². The topological polar surface area (TPSA) is 43.1 Å². The van der Waals surface area contributed by atoms with E-state index in [-0.39, 0.29) is 7.33 Å². The normalized spacial score (nSPS) is 10.3. The molecule has 0 atom stereocenters. The Balaban J connectivity index is 0.000000845. The lowest BCUT2D eigenvalue weighted by molar-refractivity contribution is 0.100. The number of primary amides is 1. The summed E-state index contributed by atoms with van der Waals surface area (Å²) in [5.41, 5.74) is 5.81. The quantitative estimate of drug-likeness (QED) is 0.714. The largest absolute Gasteiger partial charge is 1.00 e. The fourth-order valence-corrected chi connectivity index (χ4v) is 2.12. The van der Waals surface area contributed by atoms with Gasteiger partial charge in [0.05, 0.1) is 5.56 Å². The van der Waals surface area contributed by atoms with Gasteiger partial charge in [0.25, 0.3) is 0 Å². The van der Waals surface area contributed by atoms with Crippen molar-refractivity contribution in [2.24, 2.45) is 5.73 Å². The predicted octanol–water partition coefficient (Wildman–Crippen LogP) is 2.11. The van der Waals surface area contributed by atoms with Gasteiger partial charge < -0.3 is 5.73 Å². The SMILES string of the molecule is NC(=O)c1csc2ccccc12.[H+]. The van der Waals surface area contributed by atoms with Crippen LogP contribution in [0.3, 0.4) is 0 Å². The molecular weight excluding hydrogens is 170 g/mol. The maximum atomic E-state index is 10.9. The van der Waals surface area contributed by atoms with Crippen LogP contribution in [-0.4, -0.2) is 5.91 Å². The van der Waals surface area contributed by atoms with Crippen LogP contribution in [0.4, 0.5) is 0 Å². The van der Waals surface area contributed by atoms with Crippen molar-refractivity contribution >= 4 is 27.3 Å². The Hall–Kier alpha value is -1.35. The molecular formula is C9H8NOS+. The average molecular weight is 178 g/mol. The van der Waals surface area contributed by atoms with Crippen molar-refractivity contribution in [3.8, 4) is 0 Å². The summed E-state index contributed by atoms with van der Waals surface area (Å²) in [5.74, 6) is -0.354. The molecule has 0 radical (unpaired) electrons. The molecule has 3 heteroatoms. The van der Waals surface area contributed by atoms with Gasteiger partial charge in [0.15, 0.2) is 0 Å². The highest BCUT2D eigenvalue weighted by Gasteiger charge is 2.06. The van der Waals surface area contributed by atoms with E-state index in [9.17, 15) is 4.79 Å². The molecule has 60 valence electrons. The van der Waals surface area contributed by atoms with Crippen molar-refractivity contribution in [2.75, 3.05) is 0 Å². The zero-order chi connectivity index (χ0) is 8.55. The number of hydrogen-bond acceptors (Lipinski definition) is 2. The summed E-state index contributed by atoms with van der Waals surface area (Å²) in [7, 11) is 0. The van der Waals surface area contributed by atoms with Crippen molar-refractivity contribution in [3.05, 3.63) is 35.2 Å². The van der Waals surface area contributed by atoms with Crippen LogP contribution in [-0.2, 0) is 0 Å². The summed E-state index contributed by atoms with van der Waals surface area (Å²) < 4.78 is 1.10. The maximum absolute atomic E-state index is 10.9. The van der Waals surface area contributed by atoms with Gasteiger partial charge in [-0.15, -0.1) is 11.3 Å². The van der Waals surface area contributed by atoms with Crippen molar-refractivity contribution in [2.45, 2.75) is 0 Å². The third kappa shape index (κ3) is 0.987. The van der Waals surface area contributed by atoms with Gasteiger partial charge in [0.1, 0.15) is 0 Å². The van der Waals surface area contributed by atoms with Crippen molar-refractivity contribution < 1.29 is 6.22 Å². The van der Waals surface area contributed by atoms with E-state index in [0.29, 0.717) is 5.56 Å². The molecule has 2 aromatic rings. The number of thiophene rings is 1. The Morgan fingerprint density at radius 3 is 2.92 bits per heavy atom. The molecule has 0 aliphatic heterocycles. The highest BCUT2D eigenvalue weighted by Crippen LogP contribution is 2.24. The number of benzene rings is 1. The number of carbonyl (C=O) groups excluding carboxylic acids is 1. The second kappa shape index (κ2) is 2.60. The predicted molar refractivity (Wildman–Crippen MR) is 51.5 cm³/mol. The lowest BCUT2D eigenvalue weighted by atomic mass is 10.2. The first kappa shape index (κ1) is 7.31. The molecule has 0 fully saturated rings. The van der Waals surface area contributed by atoms with Crippen molar-refractivity contribution in [1.82, 2.24) is 0 Å². The van der Waals surface area contributed by atoms with Crippen LogP contribution < -0.4 is 5.73 Å². The minimum Gasteiger partial charge on any atom is -0.366 e. The number of rotatable bonds is 1. The molecule has 2 N–H and O–H groups in total. The van der Waals surface area contributed by atoms with E-state index in [2.05, 4.69) is 0 Å². The maximum Gasteiger partial charge on any atom is 1.00 e. The second-order valence-electron chi connectivity index (χ2n) is 2.51. The fourth-order valence-electron chi connectivity index (χ4n) is 1.17. The van der Waals surface area contributed by atoms with Gasteiger partial charge in [-0.05, 0) is 6.07 Å². The summed E-state index contributed by atoms with van der Waals surface area (Å²) in [6, 6.07) is 7.74. The molecule has 1 aromatic carbocycles. The summed E-state index contributed by atoms with van der Waals surface area (Å²) in [4.78, 5) is 10.9. The molecule has 1 amide bonds. The van der Waals surface area contributed by atoms with Gasteiger partial charge in [0.2, 0.25) is 5.91 Å². The molecule has 0 aliphatic carbocycles. The summed E-state index contributed by atoms with van der Waals surface area (Å²) >= 11 is 1.54. The van der Waals surface area contributed by atoms with Gasteiger partial charge in [-0.2, -0.15) is 0 Å². The van der Waals surface area contributed by atoms with Crippen LogP contribution in [0.2, 0.25) is 0 Å². The third-order valence-electron chi connectivity index (χ3n) is 1.75. The number of fused-ring (bicyclic) bond motifs is 1. The smallest absolute Gasteiger partial charge is 0.366 e. The molecule has 0 bridgehead atoms. The lowest BCUT2D eigenvalue weighted by Crippen LogP contribution is -2.09. The Labute approximate surface area is 75.1 Å². The van der Waals surface area contributed by atoms with E-state index in [0.717, 1.165) is 10.1 Å². The minimum absolute atomic E-state index is 0. The zero-order valence-electron chi connectivity index (χ0n) is 7.28. The zero-order valence-corrected chi connectivity index (χ0v) is 7.10. The molecule has 1 heterocycles. The monoisotopic (exact) mass is 178 g/mol. The summed E-state index contributed by atoms with van der Waals surface area (Å²) in [6.45, 7) is 0. The molecule has 0 spiro atoms. The van der Waals surface area contributed by atoms with E-state index in [1.54, 1.807) is 16.7 Å². The lowest BCUT2D eigenvalue weighted by Gasteiger charge is -1.90. The van der Waals surface area contributed by atoms with Gasteiger partial charge in [0, 0.05) is 15.5 Å². The van der Waals surface area contributed by atoms with Gasteiger partial charge in [-0.3, -0.25) is 4.79 Å². The van der Waals surface area contributed by atoms with Crippen LogP contribution in [0.15, 0.2) is 29.6 Å². The molecule has 1 aromatic heterocycles. The first-order valence-electron chi connectivity index (χ1n) is 3.55. The molecule has 0 aliphatic rings. The number of amides is 1. The Morgan fingerprint density at radius 1 is 1.42 bits per heavy atom. The fraction of sp³-hybridized carbons (Fsp3) is 0. The van der Waals surface area contributed by atoms with Crippen LogP contribution in [0.5, 0.6) is 0 Å². The standard InChI is InChI=1S/C9H7NOS/c10-9(11)7-5-12-8-4-2-1-3-6(7)8/h1-5H,(H2,10,11)/p+1. The van der Waals surface area contributed by atoms with E-state index >= 15 is 0 Å². The van der Waals surface area contributed by atoms with Crippen molar-refractivity contribution in [1.29, 1.82) is 0 Å². The number of hydrogen-bond donors (Lipinski definition) is 1. The Morgan fingerprint density at radius 2 is 2.17 bits per heavy atom. The van der Waals surface area contributed by atoms with Crippen LogP contribution >= 0.6 is 11.3 Å². The Kier molecular flexibility index (Phi) is 1.59. The first-order valence-corrected chi connectivity index (χ1v) is 4.43. The third-order valence-corrected chi connectivity index (χ3v) is 2.71. The molecule has 0 saturated heterocycles. The molecule has 2 nitrogen and oxygen atoms in total. The van der Waals surface area contributed by atoms with Gasteiger partial charge >= 0.3 is 1.43 Å². The molecule has 0 unspecified atom stereocenters. The van der Waals surface area contributed by atoms with E-state index in [4.69, 9.17) is 5.73 Å². The summed E-state index contributed by atoms with van der Waals surface area (Å²) in [6.07, 6.45) is 0. The second-order valence-corrected chi connectivity index (χ2v) is 3.42. The minimum atomic E-state index is -0.354. The number of nitrogens with two attached hydrogens (primary N) is 1. The van der Waals surface area contributed by atoms with E-state index in [1.807, 2.05) is 24.3 Å².